The lowest BCUT2D eigenvalue weighted by Crippen LogP contribution is -2.51. The fourth-order valence-electron chi connectivity index (χ4n) is 3.24. The Balaban J connectivity index is 0.00000208. The van der Waals surface area contributed by atoms with Gasteiger partial charge in [-0.25, -0.2) is 4.98 Å². The molecule has 0 aliphatic heterocycles. The summed E-state index contributed by atoms with van der Waals surface area (Å²) >= 11 is 1.64. The number of thiazole rings is 1. The van der Waals surface area contributed by atoms with Gasteiger partial charge < -0.3 is 11.1 Å². The Kier molecular flexibility index (Phi) is 6.01. The second kappa shape index (κ2) is 7.64. The molecule has 3 N–H and O–H groups in total. The molecule has 0 saturated heterocycles. The third-order valence-corrected chi connectivity index (χ3v) is 5.41. The van der Waals surface area contributed by atoms with Crippen LogP contribution in [0.2, 0.25) is 0 Å². The Labute approximate surface area is 153 Å². The van der Waals surface area contributed by atoms with Gasteiger partial charge in [0.1, 0.15) is 0 Å². The summed E-state index contributed by atoms with van der Waals surface area (Å²) in [5.74, 6) is -0.0796. The van der Waals surface area contributed by atoms with Crippen LogP contribution in [0.5, 0.6) is 0 Å². The Morgan fingerprint density at radius 1 is 1.33 bits per heavy atom. The van der Waals surface area contributed by atoms with E-state index >= 15 is 0 Å². The van der Waals surface area contributed by atoms with Gasteiger partial charge in [-0.3, -0.25) is 4.79 Å². The zero-order valence-electron chi connectivity index (χ0n) is 14.0. The van der Waals surface area contributed by atoms with Gasteiger partial charge in [-0.1, -0.05) is 25.0 Å². The topological polar surface area (TPSA) is 68.0 Å². The minimum atomic E-state index is -0.402. The molecule has 1 amide bonds. The largest absolute Gasteiger partial charge is 0.326 e. The van der Waals surface area contributed by atoms with Gasteiger partial charge in [0, 0.05) is 22.2 Å². The van der Waals surface area contributed by atoms with Gasteiger partial charge in [0.2, 0.25) is 5.91 Å². The third kappa shape index (κ3) is 4.15. The summed E-state index contributed by atoms with van der Waals surface area (Å²) in [4.78, 5) is 17.0. The first-order valence-electron chi connectivity index (χ1n) is 8.08. The molecule has 130 valence electrons. The number of hydrogen-bond acceptors (Lipinski definition) is 4. The summed E-state index contributed by atoms with van der Waals surface area (Å²) in [5.41, 5.74) is 8.76. The molecule has 6 heteroatoms. The molecule has 2 atom stereocenters. The van der Waals surface area contributed by atoms with Crippen LogP contribution in [0, 0.1) is 12.8 Å². The average Bonchev–Trinajstić information content (AvgIpc) is 2.94. The standard InChI is InChI=1S/C18H23N3OS.ClH/c1-12-20-16(11-23-12)13-6-8-14(9-7-13)21-17(22)15-5-3-4-10-18(15,2)19;/h6-9,11,15H,3-5,10,19H2,1-2H3,(H,21,22);1H. The summed E-state index contributed by atoms with van der Waals surface area (Å²) < 4.78 is 0. The van der Waals surface area contributed by atoms with Crippen molar-refractivity contribution in [1.82, 2.24) is 4.98 Å². The Morgan fingerprint density at radius 3 is 2.62 bits per heavy atom. The molecule has 24 heavy (non-hydrogen) atoms. The molecule has 0 bridgehead atoms. The summed E-state index contributed by atoms with van der Waals surface area (Å²) in [6.07, 6.45) is 3.97. The molecular weight excluding hydrogens is 342 g/mol. The highest BCUT2D eigenvalue weighted by Crippen LogP contribution is 2.32. The van der Waals surface area contributed by atoms with Gasteiger partial charge >= 0.3 is 0 Å². The molecule has 2 aromatic rings. The van der Waals surface area contributed by atoms with Crippen LogP contribution < -0.4 is 11.1 Å². The lowest BCUT2D eigenvalue weighted by atomic mass is 9.74. The second-order valence-corrected chi connectivity index (χ2v) is 7.68. The number of hydrogen-bond donors (Lipinski definition) is 2. The molecule has 3 rings (SSSR count). The number of halogens is 1. The number of benzene rings is 1. The summed E-state index contributed by atoms with van der Waals surface area (Å²) in [6.45, 7) is 3.99. The van der Waals surface area contributed by atoms with E-state index < -0.39 is 5.54 Å². The predicted molar refractivity (Wildman–Crippen MR) is 103 cm³/mol. The van der Waals surface area contributed by atoms with Crippen molar-refractivity contribution in [2.45, 2.75) is 45.1 Å². The number of aromatic nitrogens is 1. The molecule has 1 fully saturated rings. The minimum absolute atomic E-state index is 0. The summed E-state index contributed by atoms with van der Waals surface area (Å²) in [5, 5.41) is 6.11. The van der Waals surface area contributed by atoms with E-state index in [1.165, 1.54) is 0 Å². The molecule has 1 aromatic heterocycles. The maximum Gasteiger partial charge on any atom is 0.229 e. The fraction of sp³-hybridized carbons (Fsp3) is 0.444. The normalized spacial score (nSPS) is 23.4. The molecule has 1 aliphatic rings. The molecule has 1 heterocycles. The van der Waals surface area contributed by atoms with Crippen LogP contribution in [0.4, 0.5) is 5.69 Å². The molecular formula is C18H24ClN3OS. The highest BCUT2D eigenvalue weighted by Gasteiger charge is 2.37. The number of amides is 1. The number of carbonyl (C=O) groups is 1. The van der Waals surface area contributed by atoms with Crippen molar-refractivity contribution in [3.63, 3.8) is 0 Å². The van der Waals surface area contributed by atoms with E-state index in [0.717, 1.165) is 47.6 Å². The van der Waals surface area contributed by atoms with Gasteiger partial charge in [0.25, 0.3) is 0 Å². The van der Waals surface area contributed by atoms with Crippen LogP contribution in [-0.2, 0) is 4.79 Å². The van der Waals surface area contributed by atoms with E-state index in [1.807, 2.05) is 43.5 Å². The fourth-order valence-corrected chi connectivity index (χ4v) is 3.86. The molecule has 1 aliphatic carbocycles. The van der Waals surface area contributed by atoms with E-state index in [2.05, 4.69) is 10.3 Å². The van der Waals surface area contributed by atoms with Gasteiger partial charge in [-0.15, -0.1) is 23.7 Å². The van der Waals surface area contributed by atoms with Gasteiger partial charge in [0.15, 0.2) is 0 Å². The minimum Gasteiger partial charge on any atom is -0.326 e. The molecule has 2 unspecified atom stereocenters. The van der Waals surface area contributed by atoms with E-state index in [0.29, 0.717) is 0 Å². The monoisotopic (exact) mass is 365 g/mol. The van der Waals surface area contributed by atoms with Crippen molar-refractivity contribution < 1.29 is 4.79 Å². The van der Waals surface area contributed by atoms with Crippen molar-refractivity contribution >= 4 is 35.3 Å². The smallest absolute Gasteiger partial charge is 0.229 e. The van der Waals surface area contributed by atoms with Crippen molar-refractivity contribution in [3.8, 4) is 11.3 Å². The van der Waals surface area contributed by atoms with E-state index in [4.69, 9.17) is 5.73 Å². The predicted octanol–water partition coefficient (Wildman–Crippen LogP) is 4.39. The van der Waals surface area contributed by atoms with Crippen molar-refractivity contribution in [2.24, 2.45) is 11.7 Å². The summed E-state index contributed by atoms with van der Waals surface area (Å²) in [6, 6.07) is 7.84. The van der Waals surface area contributed by atoms with Crippen molar-refractivity contribution in [3.05, 3.63) is 34.7 Å². The number of rotatable bonds is 3. The van der Waals surface area contributed by atoms with E-state index in [1.54, 1.807) is 11.3 Å². The van der Waals surface area contributed by atoms with Gasteiger partial charge in [-0.05, 0) is 38.8 Å². The van der Waals surface area contributed by atoms with Crippen LogP contribution in [0.25, 0.3) is 11.3 Å². The van der Waals surface area contributed by atoms with E-state index in [-0.39, 0.29) is 24.2 Å². The van der Waals surface area contributed by atoms with Crippen LogP contribution in [0.1, 0.15) is 37.6 Å². The lowest BCUT2D eigenvalue weighted by molar-refractivity contribution is -0.122. The van der Waals surface area contributed by atoms with Crippen molar-refractivity contribution in [1.29, 1.82) is 0 Å². The highest BCUT2D eigenvalue weighted by atomic mass is 35.5. The van der Waals surface area contributed by atoms with Gasteiger partial charge in [-0.2, -0.15) is 0 Å². The number of nitrogens with one attached hydrogen (secondary N) is 1. The number of nitrogens with two attached hydrogens (primary N) is 1. The van der Waals surface area contributed by atoms with E-state index in [9.17, 15) is 4.79 Å². The van der Waals surface area contributed by atoms with Crippen molar-refractivity contribution in [2.75, 3.05) is 5.32 Å². The van der Waals surface area contributed by atoms with Crippen LogP contribution >= 0.6 is 23.7 Å². The molecule has 0 radical (unpaired) electrons. The lowest BCUT2D eigenvalue weighted by Gasteiger charge is -2.37. The van der Waals surface area contributed by atoms with Crippen LogP contribution in [0.15, 0.2) is 29.6 Å². The first kappa shape index (κ1) is 18.9. The summed E-state index contributed by atoms with van der Waals surface area (Å²) in [7, 11) is 0. The molecule has 0 spiro atoms. The zero-order valence-corrected chi connectivity index (χ0v) is 15.7. The second-order valence-electron chi connectivity index (χ2n) is 6.62. The molecule has 1 aromatic carbocycles. The Hall–Kier alpha value is -1.43. The Morgan fingerprint density at radius 2 is 2.04 bits per heavy atom. The van der Waals surface area contributed by atoms with Crippen LogP contribution in [0.3, 0.4) is 0 Å². The van der Waals surface area contributed by atoms with Gasteiger partial charge in [0.05, 0.1) is 16.6 Å². The maximum atomic E-state index is 12.5. The number of aryl methyl sites for hydroxylation is 1. The number of anilines is 1. The first-order valence-corrected chi connectivity index (χ1v) is 8.96. The molecule has 1 saturated carbocycles. The third-order valence-electron chi connectivity index (χ3n) is 4.64. The Bertz CT molecular complexity index is 697. The SMILES string of the molecule is Cc1nc(-c2ccc(NC(=O)C3CCCCC3(C)N)cc2)cs1.Cl. The quantitative estimate of drug-likeness (QED) is 0.847. The highest BCUT2D eigenvalue weighted by molar-refractivity contribution is 7.09. The number of nitrogens with zero attached hydrogens (tertiary/aromatic N) is 1. The average molecular weight is 366 g/mol. The van der Waals surface area contributed by atoms with Crippen LogP contribution in [-0.4, -0.2) is 16.4 Å². The maximum absolute atomic E-state index is 12.5. The zero-order chi connectivity index (χ0) is 16.4. The number of carbonyl (C=O) groups excluding carboxylic acids is 1. The first-order chi connectivity index (χ1) is 11.0. The molecule has 4 nitrogen and oxygen atoms in total.